The Hall–Kier alpha value is -3.18. The SMILES string of the molecule is O=C(CSc1nncc2ccccc12)N(Cc1ccccc1)c1ccccc1. The van der Waals surface area contributed by atoms with E-state index in [1.165, 1.54) is 11.8 Å². The molecule has 28 heavy (non-hydrogen) atoms. The summed E-state index contributed by atoms with van der Waals surface area (Å²) in [6.45, 7) is 0.533. The third kappa shape index (κ3) is 4.21. The van der Waals surface area contributed by atoms with Gasteiger partial charge < -0.3 is 4.90 Å². The van der Waals surface area contributed by atoms with Crippen LogP contribution in [0.25, 0.3) is 10.8 Å². The third-order valence-corrected chi connectivity index (χ3v) is 5.39. The van der Waals surface area contributed by atoms with Gasteiger partial charge in [0.25, 0.3) is 0 Å². The molecule has 0 aliphatic carbocycles. The van der Waals surface area contributed by atoms with Crippen molar-refractivity contribution in [1.29, 1.82) is 0 Å². The van der Waals surface area contributed by atoms with Gasteiger partial charge in [-0.05, 0) is 17.7 Å². The average Bonchev–Trinajstić information content (AvgIpc) is 2.77. The van der Waals surface area contributed by atoms with Crippen LogP contribution >= 0.6 is 11.8 Å². The minimum atomic E-state index is 0.0368. The molecule has 1 heterocycles. The van der Waals surface area contributed by atoms with Crippen molar-refractivity contribution in [3.8, 4) is 0 Å². The molecule has 1 aromatic heterocycles. The van der Waals surface area contributed by atoms with Gasteiger partial charge in [0.05, 0.1) is 18.5 Å². The number of benzene rings is 3. The Morgan fingerprint density at radius 3 is 2.32 bits per heavy atom. The number of rotatable bonds is 6. The van der Waals surface area contributed by atoms with Crippen molar-refractivity contribution < 1.29 is 4.79 Å². The highest BCUT2D eigenvalue weighted by Crippen LogP contribution is 2.26. The first-order valence-electron chi connectivity index (χ1n) is 9.04. The Morgan fingerprint density at radius 2 is 1.54 bits per heavy atom. The zero-order chi connectivity index (χ0) is 19.2. The van der Waals surface area contributed by atoms with E-state index >= 15 is 0 Å². The lowest BCUT2D eigenvalue weighted by molar-refractivity contribution is -0.116. The van der Waals surface area contributed by atoms with Crippen LogP contribution in [0.4, 0.5) is 5.69 Å². The molecule has 1 amide bonds. The molecule has 0 atom stereocenters. The van der Waals surface area contributed by atoms with Gasteiger partial charge >= 0.3 is 0 Å². The first-order valence-corrected chi connectivity index (χ1v) is 10.0. The molecular formula is C23H19N3OS. The molecule has 0 saturated carbocycles. The van der Waals surface area contributed by atoms with Gasteiger partial charge in [0.15, 0.2) is 0 Å². The number of hydrogen-bond donors (Lipinski definition) is 0. The van der Waals surface area contributed by atoms with E-state index in [1.54, 1.807) is 6.20 Å². The quantitative estimate of drug-likeness (QED) is 0.440. The second-order valence-corrected chi connectivity index (χ2v) is 7.29. The van der Waals surface area contributed by atoms with Crippen LogP contribution in [0.15, 0.2) is 96.2 Å². The number of amides is 1. The fourth-order valence-electron chi connectivity index (χ4n) is 3.01. The number of anilines is 1. The predicted octanol–water partition coefficient (Wildman–Crippen LogP) is 4.96. The average molecular weight is 385 g/mol. The van der Waals surface area contributed by atoms with Crippen molar-refractivity contribution in [2.45, 2.75) is 11.6 Å². The number of hydrogen-bond acceptors (Lipinski definition) is 4. The lowest BCUT2D eigenvalue weighted by Crippen LogP contribution is -2.31. The van der Waals surface area contributed by atoms with E-state index in [0.717, 1.165) is 27.0 Å². The summed E-state index contributed by atoms with van der Waals surface area (Å²) in [7, 11) is 0. The second kappa shape index (κ2) is 8.67. The van der Waals surface area contributed by atoms with Gasteiger partial charge in [-0.1, -0.05) is 84.6 Å². The maximum absolute atomic E-state index is 13.1. The van der Waals surface area contributed by atoms with E-state index in [0.29, 0.717) is 12.3 Å². The van der Waals surface area contributed by atoms with Crippen LogP contribution < -0.4 is 4.90 Å². The van der Waals surface area contributed by atoms with E-state index < -0.39 is 0 Å². The van der Waals surface area contributed by atoms with Crippen LogP contribution in [-0.4, -0.2) is 21.9 Å². The lowest BCUT2D eigenvalue weighted by Gasteiger charge is -2.23. The topological polar surface area (TPSA) is 46.1 Å². The van der Waals surface area contributed by atoms with Crippen molar-refractivity contribution in [3.63, 3.8) is 0 Å². The summed E-state index contributed by atoms with van der Waals surface area (Å²) in [5, 5.41) is 11.1. The van der Waals surface area contributed by atoms with Crippen LogP contribution in [0.1, 0.15) is 5.56 Å². The summed E-state index contributed by atoms with van der Waals surface area (Å²) in [5.41, 5.74) is 1.98. The first-order chi connectivity index (χ1) is 13.8. The Labute approximate surface area is 168 Å². The first kappa shape index (κ1) is 18.2. The van der Waals surface area contributed by atoms with E-state index in [4.69, 9.17) is 0 Å². The predicted molar refractivity (Wildman–Crippen MR) is 114 cm³/mol. The third-order valence-electron chi connectivity index (χ3n) is 4.42. The highest BCUT2D eigenvalue weighted by molar-refractivity contribution is 8.00. The van der Waals surface area contributed by atoms with Crippen LogP contribution in [-0.2, 0) is 11.3 Å². The van der Waals surface area contributed by atoms with Gasteiger partial charge in [0.2, 0.25) is 5.91 Å². The molecule has 5 heteroatoms. The fourth-order valence-corrected chi connectivity index (χ4v) is 3.88. The zero-order valence-electron chi connectivity index (χ0n) is 15.2. The van der Waals surface area contributed by atoms with Gasteiger partial charge in [-0.15, -0.1) is 5.10 Å². The molecule has 0 spiro atoms. The summed E-state index contributed by atoms with van der Waals surface area (Å²) in [5.74, 6) is 0.333. The molecular weight excluding hydrogens is 366 g/mol. The maximum atomic E-state index is 13.1. The molecule has 4 aromatic rings. The summed E-state index contributed by atoms with van der Waals surface area (Å²) < 4.78 is 0. The van der Waals surface area contributed by atoms with Crippen molar-refractivity contribution in [1.82, 2.24) is 10.2 Å². The van der Waals surface area contributed by atoms with E-state index in [-0.39, 0.29) is 5.91 Å². The number of fused-ring (bicyclic) bond motifs is 1. The molecule has 0 radical (unpaired) electrons. The second-order valence-electron chi connectivity index (χ2n) is 6.33. The number of para-hydroxylation sites is 1. The zero-order valence-corrected chi connectivity index (χ0v) is 16.0. The number of carbonyl (C=O) groups excluding carboxylic acids is 1. The fraction of sp³-hybridized carbons (Fsp3) is 0.0870. The standard InChI is InChI=1S/C23H19N3OS/c27-22(17-28-23-21-14-8-7-11-19(21)15-24-25-23)26(20-12-5-2-6-13-20)16-18-9-3-1-4-10-18/h1-15H,16-17H2. The van der Waals surface area contributed by atoms with Crippen molar-refractivity contribution in [2.75, 3.05) is 10.7 Å². The molecule has 0 saturated heterocycles. The van der Waals surface area contributed by atoms with Gasteiger partial charge in [-0.2, -0.15) is 5.10 Å². The molecule has 0 unspecified atom stereocenters. The van der Waals surface area contributed by atoms with Gasteiger partial charge in [0.1, 0.15) is 5.03 Å². The van der Waals surface area contributed by atoms with E-state index in [2.05, 4.69) is 10.2 Å². The maximum Gasteiger partial charge on any atom is 0.237 e. The molecule has 0 fully saturated rings. The van der Waals surface area contributed by atoms with Gasteiger partial charge in [-0.25, -0.2) is 0 Å². The Morgan fingerprint density at radius 1 is 0.857 bits per heavy atom. The largest absolute Gasteiger partial charge is 0.307 e. The minimum Gasteiger partial charge on any atom is -0.307 e. The van der Waals surface area contributed by atoms with Gasteiger partial charge in [-0.3, -0.25) is 4.79 Å². The van der Waals surface area contributed by atoms with Crippen LogP contribution in [0.3, 0.4) is 0 Å². The Bertz CT molecular complexity index is 1070. The molecule has 4 nitrogen and oxygen atoms in total. The van der Waals surface area contributed by atoms with Crippen molar-refractivity contribution >= 4 is 34.1 Å². The summed E-state index contributed by atoms with van der Waals surface area (Å²) in [6, 6.07) is 27.8. The van der Waals surface area contributed by atoms with Gasteiger partial charge in [0, 0.05) is 16.5 Å². The van der Waals surface area contributed by atoms with Crippen LogP contribution in [0, 0.1) is 0 Å². The molecule has 0 aliphatic heterocycles. The number of nitrogens with zero attached hydrogens (tertiary/aromatic N) is 3. The summed E-state index contributed by atoms with van der Waals surface area (Å²) >= 11 is 1.43. The van der Waals surface area contributed by atoms with Crippen molar-refractivity contribution in [2.24, 2.45) is 0 Å². The number of carbonyl (C=O) groups is 1. The molecule has 4 rings (SSSR count). The smallest absolute Gasteiger partial charge is 0.237 e. The lowest BCUT2D eigenvalue weighted by atomic mass is 10.2. The Balaban J connectivity index is 1.55. The number of thioether (sulfide) groups is 1. The summed E-state index contributed by atoms with van der Waals surface area (Å²) in [6.07, 6.45) is 1.74. The van der Waals surface area contributed by atoms with Crippen molar-refractivity contribution in [3.05, 3.63) is 96.7 Å². The summed E-state index contributed by atoms with van der Waals surface area (Å²) in [4.78, 5) is 14.9. The van der Waals surface area contributed by atoms with E-state index in [1.807, 2.05) is 89.8 Å². The van der Waals surface area contributed by atoms with Crippen LogP contribution in [0.5, 0.6) is 0 Å². The Kier molecular flexibility index (Phi) is 5.64. The van der Waals surface area contributed by atoms with Crippen LogP contribution in [0.2, 0.25) is 0 Å². The highest BCUT2D eigenvalue weighted by Gasteiger charge is 2.17. The monoisotopic (exact) mass is 385 g/mol. The number of aromatic nitrogens is 2. The normalized spacial score (nSPS) is 10.7. The highest BCUT2D eigenvalue weighted by atomic mass is 32.2. The molecule has 138 valence electrons. The molecule has 0 aliphatic rings. The molecule has 0 N–H and O–H groups in total. The van der Waals surface area contributed by atoms with E-state index in [9.17, 15) is 4.79 Å². The molecule has 3 aromatic carbocycles. The molecule has 0 bridgehead atoms. The minimum absolute atomic E-state index is 0.0368.